The van der Waals surface area contributed by atoms with Gasteiger partial charge in [0.1, 0.15) is 12.1 Å². The van der Waals surface area contributed by atoms with Crippen molar-refractivity contribution in [3.8, 4) is 11.4 Å². The number of nitrogens with two attached hydrogens (primary N) is 1. The van der Waals surface area contributed by atoms with Crippen molar-refractivity contribution in [2.75, 3.05) is 7.11 Å². The molecule has 0 aliphatic carbocycles. The van der Waals surface area contributed by atoms with Crippen molar-refractivity contribution in [3.05, 3.63) is 53.3 Å². The van der Waals surface area contributed by atoms with Crippen molar-refractivity contribution >= 4 is 11.0 Å². The number of nitrogens with zero attached hydrogens (tertiary/aromatic N) is 2. The maximum atomic E-state index is 5.87. The fourth-order valence-corrected chi connectivity index (χ4v) is 2.52. The zero-order chi connectivity index (χ0) is 15.0. The van der Waals surface area contributed by atoms with Gasteiger partial charge in [-0.15, -0.1) is 0 Å². The summed E-state index contributed by atoms with van der Waals surface area (Å²) < 4.78 is 7.41. The molecule has 108 valence electrons. The standard InChI is InChI=1S/C17H19N3O/c1-11-6-15-17(7-12(11)2)20(10-19-15)16-8-14(21-3)5-4-13(16)9-18/h4-8,10H,9,18H2,1-3H3. The Bertz CT molecular complexity index is 805. The monoisotopic (exact) mass is 281 g/mol. The van der Waals surface area contributed by atoms with Gasteiger partial charge in [0.2, 0.25) is 0 Å². The molecule has 0 spiro atoms. The van der Waals surface area contributed by atoms with Gasteiger partial charge in [-0.3, -0.25) is 4.57 Å². The van der Waals surface area contributed by atoms with Gasteiger partial charge in [0.05, 0.1) is 23.8 Å². The molecule has 0 atom stereocenters. The molecule has 0 aliphatic rings. The number of aromatic nitrogens is 2. The molecule has 21 heavy (non-hydrogen) atoms. The highest BCUT2D eigenvalue weighted by Crippen LogP contribution is 2.26. The van der Waals surface area contributed by atoms with Crippen molar-refractivity contribution in [2.24, 2.45) is 5.73 Å². The van der Waals surface area contributed by atoms with Gasteiger partial charge in [0.25, 0.3) is 0 Å². The van der Waals surface area contributed by atoms with Gasteiger partial charge in [-0.1, -0.05) is 6.07 Å². The van der Waals surface area contributed by atoms with Crippen molar-refractivity contribution in [3.63, 3.8) is 0 Å². The lowest BCUT2D eigenvalue weighted by Crippen LogP contribution is -2.04. The Morgan fingerprint density at radius 3 is 2.62 bits per heavy atom. The van der Waals surface area contributed by atoms with Crippen LogP contribution in [-0.4, -0.2) is 16.7 Å². The first kappa shape index (κ1) is 13.6. The van der Waals surface area contributed by atoms with E-state index in [0.717, 1.165) is 28.0 Å². The number of methoxy groups -OCH3 is 1. The number of benzene rings is 2. The van der Waals surface area contributed by atoms with E-state index in [9.17, 15) is 0 Å². The summed E-state index contributed by atoms with van der Waals surface area (Å²) in [7, 11) is 1.67. The number of fused-ring (bicyclic) bond motifs is 1. The summed E-state index contributed by atoms with van der Waals surface area (Å²) in [5.74, 6) is 0.813. The normalized spacial score (nSPS) is 11.0. The summed E-state index contributed by atoms with van der Waals surface area (Å²) in [6.07, 6.45) is 1.84. The van der Waals surface area contributed by atoms with Crippen LogP contribution in [0.1, 0.15) is 16.7 Å². The van der Waals surface area contributed by atoms with Crippen LogP contribution in [0.4, 0.5) is 0 Å². The van der Waals surface area contributed by atoms with Crippen LogP contribution in [0.25, 0.3) is 16.7 Å². The van der Waals surface area contributed by atoms with E-state index in [1.54, 1.807) is 7.11 Å². The fraction of sp³-hybridized carbons (Fsp3) is 0.235. The average Bonchev–Trinajstić information content (AvgIpc) is 2.89. The zero-order valence-corrected chi connectivity index (χ0v) is 12.6. The largest absolute Gasteiger partial charge is 0.497 e. The van der Waals surface area contributed by atoms with Gasteiger partial charge in [0, 0.05) is 12.6 Å². The Labute approximate surface area is 124 Å². The van der Waals surface area contributed by atoms with E-state index in [1.807, 2.05) is 24.5 Å². The summed E-state index contributed by atoms with van der Waals surface area (Å²) in [6, 6.07) is 10.2. The van der Waals surface area contributed by atoms with Crippen LogP contribution in [-0.2, 0) is 6.54 Å². The Balaban J connectivity index is 2.27. The van der Waals surface area contributed by atoms with Gasteiger partial charge in [-0.05, 0) is 48.7 Å². The lowest BCUT2D eigenvalue weighted by Gasteiger charge is -2.12. The van der Waals surface area contributed by atoms with Crippen LogP contribution in [0.2, 0.25) is 0 Å². The van der Waals surface area contributed by atoms with E-state index in [4.69, 9.17) is 10.5 Å². The second-order valence-electron chi connectivity index (χ2n) is 5.24. The van der Waals surface area contributed by atoms with E-state index in [2.05, 4.69) is 35.5 Å². The fourth-order valence-electron chi connectivity index (χ4n) is 2.52. The van der Waals surface area contributed by atoms with Gasteiger partial charge in [-0.2, -0.15) is 0 Å². The first-order chi connectivity index (χ1) is 10.1. The predicted octanol–water partition coefficient (Wildman–Crippen LogP) is 3.11. The minimum atomic E-state index is 0.476. The summed E-state index contributed by atoms with van der Waals surface area (Å²) in [5.41, 5.74) is 12.5. The zero-order valence-electron chi connectivity index (χ0n) is 12.6. The van der Waals surface area contributed by atoms with E-state index in [1.165, 1.54) is 11.1 Å². The molecule has 0 unspecified atom stereocenters. The molecule has 2 N–H and O–H groups in total. The lowest BCUT2D eigenvalue weighted by molar-refractivity contribution is 0.414. The van der Waals surface area contributed by atoms with E-state index in [-0.39, 0.29) is 0 Å². The molecule has 0 bridgehead atoms. The Kier molecular flexibility index (Phi) is 3.39. The lowest BCUT2D eigenvalue weighted by atomic mass is 10.1. The van der Waals surface area contributed by atoms with Crippen LogP contribution in [0, 0.1) is 13.8 Å². The second-order valence-corrected chi connectivity index (χ2v) is 5.24. The second kappa shape index (κ2) is 5.22. The molecule has 3 aromatic rings. The Morgan fingerprint density at radius 1 is 1.14 bits per heavy atom. The maximum Gasteiger partial charge on any atom is 0.120 e. The maximum absolute atomic E-state index is 5.87. The number of hydrogen-bond donors (Lipinski definition) is 1. The van der Waals surface area contributed by atoms with Crippen molar-refractivity contribution in [1.29, 1.82) is 0 Å². The SMILES string of the molecule is COc1ccc(CN)c(-n2cnc3cc(C)c(C)cc32)c1. The molecule has 0 radical (unpaired) electrons. The number of imidazole rings is 1. The number of ether oxygens (including phenoxy) is 1. The third-order valence-electron chi connectivity index (χ3n) is 3.93. The topological polar surface area (TPSA) is 53.1 Å². The quantitative estimate of drug-likeness (QED) is 0.802. The smallest absolute Gasteiger partial charge is 0.120 e. The number of hydrogen-bond acceptors (Lipinski definition) is 3. The molecule has 1 aromatic heterocycles. The van der Waals surface area contributed by atoms with E-state index in [0.29, 0.717) is 6.54 Å². The highest BCUT2D eigenvalue weighted by Gasteiger charge is 2.10. The molecule has 1 heterocycles. The molecular formula is C17H19N3O. The Morgan fingerprint density at radius 2 is 1.90 bits per heavy atom. The third kappa shape index (κ3) is 2.28. The first-order valence-corrected chi connectivity index (χ1v) is 6.95. The van der Waals surface area contributed by atoms with Crippen LogP contribution >= 0.6 is 0 Å². The molecule has 0 saturated carbocycles. The van der Waals surface area contributed by atoms with E-state index < -0.39 is 0 Å². The summed E-state index contributed by atoms with van der Waals surface area (Å²) in [4.78, 5) is 4.51. The molecule has 0 saturated heterocycles. The number of aryl methyl sites for hydroxylation is 2. The molecule has 3 rings (SSSR count). The first-order valence-electron chi connectivity index (χ1n) is 6.95. The summed E-state index contributed by atoms with van der Waals surface area (Å²) >= 11 is 0. The van der Waals surface area contributed by atoms with Gasteiger partial charge in [-0.25, -0.2) is 4.98 Å². The highest BCUT2D eigenvalue weighted by atomic mass is 16.5. The molecule has 0 amide bonds. The van der Waals surface area contributed by atoms with Gasteiger partial charge in [0.15, 0.2) is 0 Å². The van der Waals surface area contributed by atoms with Crippen LogP contribution in [0.3, 0.4) is 0 Å². The van der Waals surface area contributed by atoms with E-state index >= 15 is 0 Å². The molecule has 4 heteroatoms. The Hall–Kier alpha value is -2.33. The molecule has 4 nitrogen and oxygen atoms in total. The van der Waals surface area contributed by atoms with Crippen LogP contribution in [0.5, 0.6) is 5.75 Å². The minimum absolute atomic E-state index is 0.476. The third-order valence-corrected chi connectivity index (χ3v) is 3.93. The van der Waals surface area contributed by atoms with Crippen LogP contribution < -0.4 is 10.5 Å². The predicted molar refractivity (Wildman–Crippen MR) is 85.0 cm³/mol. The van der Waals surface area contributed by atoms with Crippen molar-refractivity contribution in [2.45, 2.75) is 20.4 Å². The highest BCUT2D eigenvalue weighted by molar-refractivity contribution is 5.79. The van der Waals surface area contributed by atoms with Gasteiger partial charge >= 0.3 is 0 Å². The van der Waals surface area contributed by atoms with Crippen LogP contribution in [0.15, 0.2) is 36.7 Å². The van der Waals surface area contributed by atoms with Gasteiger partial charge < -0.3 is 10.5 Å². The average molecular weight is 281 g/mol. The van der Waals surface area contributed by atoms with Crippen molar-refractivity contribution < 1.29 is 4.74 Å². The molecular weight excluding hydrogens is 262 g/mol. The summed E-state index contributed by atoms with van der Waals surface area (Å²) in [5, 5.41) is 0. The molecule has 2 aromatic carbocycles. The van der Waals surface area contributed by atoms with Crippen molar-refractivity contribution in [1.82, 2.24) is 9.55 Å². The molecule has 0 fully saturated rings. The minimum Gasteiger partial charge on any atom is -0.497 e. The number of rotatable bonds is 3. The summed E-state index contributed by atoms with van der Waals surface area (Å²) in [6.45, 7) is 4.69. The molecule has 0 aliphatic heterocycles.